The van der Waals surface area contributed by atoms with Crippen LogP contribution < -0.4 is 10.2 Å². The number of amides is 3. The molecule has 1 aromatic heterocycles. The van der Waals surface area contributed by atoms with E-state index in [0.29, 0.717) is 25.2 Å². The minimum Gasteiger partial charge on any atom is -0.348 e. The number of aromatic nitrogens is 1. The number of nitrogens with one attached hydrogen (secondary N) is 1. The van der Waals surface area contributed by atoms with Gasteiger partial charge in [-0.15, -0.1) is 0 Å². The zero-order chi connectivity index (χ0) is 22.2. The lowest BCUT2D eigenvalue weighted by molar-refractivity contribution is -0.117. The van der Waals surface area contributed by atoms with E-state index >= 15 is 0 Å². The maximum absolute atomic E-state index is 14.7. The molecule has 0 bridgehead atoms. The lowest BCUT2D eigenvalue weighted by Crippen LogP contribution is -2.50. The van der Waals surface area contributed by atoms with Crippen molar-refractivity contribution in [2.45, 2.75) is 32.0 Å². The smallest absolute Gasteiger partial charge is 0.318 e. The zero-order valence-electron chi connectivity index (χ0n) is 17.9. The molecule has 1 N–H and O–H groups in total. The van der Waals surface area contributed by atoms with E-state index in [2.05, 4.69) is 9.88 Å². The number of halogens is 1. The molecule has 2 aliphatic heterocycles. The fourth-order valence-electron chi connectivity index (χ4n) is 4.66. The van der Waals surface area contributed by atoms with Gasteiger partial charge in [-0.2, -0.15) is 0 Å². The van der Waals surface area contributed by atoms with E-state index in [1.165, 1.54) is 6.07 Å². The summed E-state index contributed by atoms with van der Waals surface area (Å²) in [5.74, 6) is -0.358. The van der Waals surface area contributed by atoms with Crippen molar-refractivity contribution in [1.82, 2.24) is 14.8 Å². The first-order valence-corrected chi connectivity index (χ1v) is 10.8. The Bertz CT molecular complexity index is 1160. The predicted molar refractivity (Wildman–Crippen MR) is 120 cm³/mol. The molecular formula is C25H25FN4O2. The topological polar surface area (TPSA) is 57.6 Å². The highest BCUT2D eigenvalue weighted by Gasteiger charge is 2.37. The normalized spacial score (nSPS) is 20.4. The van der Waals surface area contributed by atoms with E-state index in [-0.39, 0.29) is 30.2 Å². The third-order valence-electron chi connectivity index (χ3n) is 6.30. The van der Waals surface area contributed by atoms with Gasteiger partial charge >= 0.3 is 6.03 Å². The van der Waals surface area contributed by atoms with Gasteiger partial charge in [-0.25, -0.2) is 9.18 Å². The number of benzene rings is 2. The van der Waals surface area contributed by atoms with Crippen LogP contribution in [0.2, 0.25) is 0 Å². The first kappa shape index (κ1) is 20.3. The molecule has 32 heavy (non-hydrogen) atoms. The number of nitrogens with zero attached hydrogens (tertiary/aromatic N) is 3. The largest absolute Gasteiger partial charge is 0.348 e. The molecule has 2 aliphatic rings. The van der Waals surface area contributed by atoms with Gasteiger partial charge in [-0.05, 0) is 37.3 Å². The molecule has 1 saturated heterocycles. The van der Waals surface area contributed by atoms with Crippen LogP contribution in [0, 0.1) is 12.7 Å². The van der Waals surface area contributed by atoms with Crippen molar-refractivity contribution in [3.63, 3.8) is 0 Å². The van der Waals surface area contributed by atoms with Gasteiger partial charge < -0.3 is 19.7 Å². The Balaban J connectivity index is 1.36. The second-order valence-electron chi connectivity index (χ2n) is 8.43. The van der Waals surface area contributed by atoms with Gasteiger partial charge in [0.2, 0.25) is 5.91 Å². The summed E-state index contributed by atoms with van der Waals surface area (Å²) in [5.41, 5.74) is 3.29. The lowest BCUT2D eigenvalue weighted by atomic mass is 9.99. The summed E-state index contributed by atoms with van der Waals surface area (Å²) in [6.45, 7) is 3.51. The summed E-state index contributed by atoms with van der Waals surface area (Å²) >= 11 is 0. The molecule has 3 heterocycles. The molecule has 0 radical (unpaired) electrons. The fourth-order valence-corrected chi connectivity index (χ4v) is 4.66. The highest BCUT2D eigenvalue weighted by Crippen LogP contribution is 2.34. The van der Waals surface area contributed by atoms with Gasteiger partial charge in [0.1, 0.15) is 11.9 Å². The molecule has 3 amide bonds. The van der Waals surface area contributed by atoms with E-state index in [0.717, 1.165) is 16.9 Å². The minimum absolute atomic E-state index is 0.0164. The number of rotatable bonds is 3. The standard InChI is InChI=1S/C25H25FN4O2/c1-17-8-10-19(11-9-17)30-16-18(15-23(30)31)27-25(32)29-14-13-28-12-4-7-22(28)24(29)20-5-2-3-6-21(20)26/h2-12,18,24H,13-16H2,1H3,(H,27,32). The quantitative estimate of drug-likeness (QED) is 0.683. The summed E-state index contributed by atoms with van der Waals surface area (Å²) in [5, 5.41) is 3.03. The van der Waals surface area contributed by atoms with Crippen LogP contribution in [0.3, 0.4) is 0 Å². The van der Waals surface area contributed by atoms with E-state index < -0.39 is 6.04 Å². The number of carbonyl (C=O) groups is 2. The Morgan fingerprint density at radius 3 is 2.59 bits per heavy atom. The first-order valence-electron chi connectivity index (χ1n) is 10.8. The molecule has 1 fully saturated rings. The summed E-state index contributed by atoms with van der Waals surface area (Å²) in [6.07, 6.45) is 2.20. The second-order valence-corrected chi connectivity index (χ2v) is 8.43. The maximum atomic E-state index is 14.7. The van der Waals surface area contributed by atoms with Crippen molar-refractivity contribution in [1.29, 1.82) is 0 Å². The molecule has 0 saturated carbocycles. The van der Waals surface area contributed by atoms with Crippen LogP contribution >= 0.6 is 0 Å². The molecule has 3 aromatic rings. The summed E-state index contributed by atoms with van der Waals surface area (Å²) in [6, 6.07) is 17.1. The van der Waals surface area contributed by atoms with Gasteiger partial charge in [0.25, 0.3) is 0 Å². The number of carbonyl (C=O) groups excluding carboxylic acids is 2. The number of fused-ring (bicyclic) bond motifs is 1. The van der Waals surface area contributed by atoms with E-state index in [1.54, 1.807) is 28.0 Å². The van der Waals surface area contributed by atoms with Gasteiger partial charge in [-0.1, -0.05) is 35.9 Å². The Morgan fingerprint density at radius 2 is 1.81 bits per heavy atom. The maximum Gasteiger partial charge on any atom is 0.318 e. The predicted octanol–water partition coefficient (Wildman–Crippen LogP) is 3.86. The Morgan fingerprint density at radius 1 is 1.03 bits per heavy atom. The van der Waals surface area contributed by atoms with Crippen LogP contribution in [0.5, 0.6) is 0 Å². The van der Waals surface area contributed by atoms with Crippen LogP contribution in [-0.2, 0) is 11.3 Å². The monoisotopic (exact) mass is 432 g/mol. The zero-order valence-corrected chi connectivity index (χ0v) is 17.9. The van der Waals surface area contributed by atoms with Crippen molar-refractivity contribution in [2.75, 3.05) is 18.0 Å². The van der Waals surface area contributed by atoms with Crippen LogP contribution in [0.25, 0.3) is 0 Å². The lowest BCUT2D eigenvalue weighted by Gasteiger charge is -2.38. The first-order chi connectivity index (χ1) is 15.5. The number of hydrogen-bond acceptors (Lipinski definition) is 2. The number of urea groups is 1. The van der Waals surface area contributed by atoms with E-state index in [9.17, 15) is 14.0 Å². The Kier molecular flexibility index (Phi) is 5.17. The molecule has 6 nitrogen and oxygen atoms in total. The van der Waals surface area contributed by atoms with Gasteiger partial charge in [0, 0.05) is 49.2 Å². The highest BCUT2D eigenvalue weighted by molar-refractivity contribution is 5.96. The molecule has 5 rings (SSSR count). The van der Waals surface area contributed by atoms with E-state index in [4.69, 9.17) is 0 Å². The summed E-state index contributed by atoms with van der Waals surface area (Å²) < 4.78 is 16.8. The minimum atomic E-state index is -0.523. The van der Waals surface area contributed by atoms with Crippen molar-refractivity contribution in [3.05, 3.63) is 89.5 Å². The molecule has 164 valence electrons. The van der Waals surface area contributed by atoms with Crippen molar-refractivity contribution in [2.24, 2.45) is 0 Å². The Hall–Kier alpha value is -3.61. The third-order valence-corrected chi connectivity index (χ3v) is 6.30. The summed E-state index contributed by atoms with van der Waals surface area (Å²) in [7, 11) is 0. The van der Waals surface area contributed by atoms with Gasteiger partial charge in [-0.3, -0.25) is 4.79 Å². The molecule has 2 unspecified atom stereocenters. The second kappa shape index (κ2) is 8.15. The average Bonchev–Trinajstić information content (AvgIpc) is 3.40. The van der Waals surface area contributed by atoms with Crippen LogP contribution in [0.15, 0.2) is 66.9 Å². The molecular weight excluding hydrogens is 407 g/mol. The highest BCUT2D eigenvalue weighted by atomic mass is 19.1. The third kappa shape index (κ3) is 3.64. The average molecular weight is 432 g/mol. The van der Waals surface area contributed by atoms with Crippen LogP contribution in [0.1, 0.15) is 29.3 Å². The Labute approximate surface area is 186 Å². The number of anilines is 1. The number of aryl methyl sites for hydroxylation is 1. The SMILES string of the molecule is Cc1ccc(N2CC(NC(=O)N3CCn4cccc4C3c3ccccc3F)CC2=O)cc1. The molecule has 0 aliphatic carbocycles. The molecule has 0 spiro atoms. The van der Waals surface area contributed by atoms with Crippen molar-refractivity contribution >= 4 is 17.6 Å². The fraction of sp³-hybridized carbons (Fsp3) is 0.280. The van der Waals surface area contributed by atoms with Gasteiger partial charge in [0.15, 0.2) is 0 Å². The van der Waals surface area contributed by atoms with Gasteiger partial charge in [0.05, 0.1) is 6.04 Å². The molecule has 2 atom stereocenters. The van der Waals surface area contributed by atoms with Crippen LogP contribution in [-0.4, -0.2) is 40.5 Å². The van der Waals surface area contributed by atoms with Crippen molar-refractivity contribution < 1.29 is 14.0 Å². The van der Waals surface area contributed by atoms with Crippen molar-refractivity contribution in [3.8, 4) is 0 Å². The van der Waals surface area contributed by atoms with Crippen LogP contribution in [0.4, 0.5) is 14.9 Å². The molecule has 2 aromatic carbocycles. The molecule has 7 heteroatoms. The summed E-state index contributed by atoms with van der Waals surface area (Å²) in [4.78, 5) is 29.3. The number of hydrogen-bond donors (Lipinski definition) is 1. The van der Waals surface area contributed by atoms with E-state index in [1.807, 2.05) is 49.5 Å².